The zero-order chi connectivity index (χ0) is 12.3. The number of rotatable bonds is 3. The minimum atomic E-state index is 0.0347. The second-order valence-corrected chi connectivity index (χ2v) is 4.01. The molecule has 2 aromatic rings. The molecule has 4 nitrogen and oxygen atoms in total. The van der Waals surface area contributed by atoms with Crippen molar-refractivity contribution in [1.29, 1.82) is 0 Å². The Hall–Kier alpha value is -1.97. The Bertz CT molecular complexity index is 551. The lowest BCUT2D eigenvalue weighted by molar-refractivity contribution is -0.116. The number of hydrogen-bond donors (Lipinski definition) is 1. The molecule has 0 aliphatic rings. The molecule has 2 rings (SSSR count). The fourth-order valence-corrected chi connectivity index (χ4v) is 1.63. The van der Waals surface area contributed by atoms with Gasteiger partial charge in [0.2, 0.25) is 5.91 Å². The molecule has 0 saturated carbocycles. The number of carbonyl (C=O) groups excluding carboxylic acids is 1. The number of aromatic nitrogens is 2. The van der Waals surface area contributed by atoms with E-state index in [0.717, 1.165) is 28.8 Å². The second kappa shape index (κ2) is 4.91. The quantitative estimate of drug-likeness (QED) is 0.880. The Balaban J connectivity index is 2.27. The number of amides is 1. The van der Waals surface area contributed by atoms with Gasteiger partial charge in [-0.15, -0.1) is 0 Å². The molecule has 88 valence electrons. The van der Waals surface area contributed by atoms with Crippen molar-refractivity contribution in [3.63, 3.8) is 0 Å². The number of nitrogens with one attached hydrogen (secondary N) is 1. The van der Waals surface area contributed by atoms with E-state index in [2.05, 4.69) is 15.3 Å². The van der Waals surface area contributed by atoms with E-state index in [1.54, 1.807) is 6.20 Å². The minimum Gasteiger partial charge on any atom is -0.326 e. The highest BCUT2D eigenvalue weighted by atomic mass is 16.1. The first-order chi connectivity index (χ1) is 8.19. The van der Waals surface area contributed by atoms with Crippen LogP contribution in [0.4, 0.5) is 5.69 Å². The highest BCUT2D eigenvalue weighted by Crippen LogP contribution is 2.16. The van der Waals surface area contributed by atoms with Crippen molar-refractivity contribution in [2.75, 3.05) is 5.32 Å². The third-order valence-electron chi connectivity index (χ3n) is 2.42. The van der Waals surface area contributed by atoms with Crippen molar-refractivity contribution >= 4 is 22.6 Å². The first kappa shape index (κ1) is 11.5. The normalized spacial score (nSPS) is 10.5. The monoisotopic (exact) mass is 229 g/mol. The molecule has 0 fully saturated rings. The Kier molecular flexibility index (Phi) is 3.32. The van der Waals surface area contributed by atoms with Gasteiger partial charge < -0.3 is 5.32 Å². The van der Waals surface area contributed by atoms with Crippen LogP contribution in [-0.4, -0.2) is 15.9 Å². The molecule has 0 aliphatic carbocycles. The van der Waals surface area contributed by atoms with Crippen molar-refractivity contribution < 1.29 is 4.79 Å². The van der Waals surface area contributed by atoms with Crippen LogP contribution in [0.1, 0.15) is 25.5 Å². The molecule has 0 saturated heterocycles. The molecule has 1 amide bonds. The molecule has 0 aliphatic heterocycles. The Morgan fingerprint density at radius 2 is 2.18 bits per heavy atom. The lowest BCUT2D eigenvalue weighted by Crippen LogP contribution is -2.10. The maximum absolute atomic E-state index is 11.5. The van der Waals surface area contributed by atoms with Gasteiger partial charge >= 0.3 is 0 Å². The molecular formula is C13H15N3O. The van der Waals surface area contributed by atoms with Crippen LogP contribution in [0.2, 0.25) is 0 Å². The number of nitrogens with zero attached hydrogens (tertiary/aromatic N) is 2. The van der Waals surface area contributed by atoms with Gasteiger partial charge in [0, 0.05) is 18.3 Å². The first-order valence-corrected chi connectivity index (χ1v) is 5.72. The highest BCUT2D eigenvalue weighted by Gasteiger charge is 2.03. The summed E-state index contributed by atoms with van der Waals surface area (Å²) in [6.45, 7) is 3.88. The Morgan fingerprint density at radius 1 is 1.35 bits per heavy atom. The van der Waals surface area contributed by atoms with Crippen LogP contribution in [0.3, 0.4) is 0 Å². The molecule has 17 heavy (non-hydrogen) atoms. The van der Waals surface area contributed by atoms with Crippen molar-refractivity contribution in [2.45, 2.75) is 26.7 Å². The van der Waals surface area contributed by atoms with E-state index < -0.39 is 0 Å². The molecule has 1 aromatic heterocycles. The molecule has 4 heteroatoms. The van der Waals surface area contributed by atoms with Crippen molar-refractivity contribution in [3.05, 3.63) is 30.1 Å². The van der Waals surface area contributed by atoms with Crippen molar-refractivity contribution in [3.8, 4) is 0 Å². The van der Waals surface area contributed by atoms with E-state index in [0.29, 0.717) is 6.42 Å². The van der Waals surface area contributed by atoms with Gasteiger partial charge in [0.1, 0.15) is 0 Å². The molecule has 0 radical (unpaired) electrons. The molecule has 0 unspecified atom stereocenters. The predicted molar refractivity (Wildman–Crippen MR) is 67.8 cm³/mol. The third-order valence-corrected chi connectivity index (χ3v) is 2.42. The van der Waals surface area contributed by atoms with Crippen LogP contribution >= 0.6 is 0 Å². The van der Waals surface area contributed by atoms with Crippen molar-refractivity contribution in [2.24, 2.45) is 0 Å². The van der Waals surface area contributed by atoms with Gasteiger partial charge in [0.05, 0.1) is 16.7 Å². The number of carbonyl (C=O) groups is 1. The molecule has 1 aromatic carbocycles. The third kappa shape index (κ3) is 2.78. The minimum absolute atomic E-state index is 0.0347. The molecular weight excluding hydrogens is 214 g/mol. The number of anilines is 1. The molecule has 1 N–H and O–H groups in total. The number of fused-ring (bicyclic) bond motifs is 1. The van der Waals surface area contributed by atoms with Crippen LogP contribution in [0, 0.1) is 6.92 Å². The molecule has 1 heterocycles. The van der Waals surface area contributed by atoms with E-state index in [1.807, 2.05) is 32.0 Å². The Labute approximate surface area is 100 Å². The lowest BCUT2D eigenvalue weighted by atomic mass is 10.2. The SMILES string of the molecule is CCCC(=O)Nc1ccc2ncc(C)nc2c1. The van der Waals surface area contributed by atoms with Crippen molar-refractivity contribution in [1.82, 2.24) is 9.97 Å². The average molecular weight is 229 g/mol. The molecule has 0 bridgehead atoms. The van der Waals surface area contributed by atoms with E-state index in [-0.39, 0.29) is 5.91 Å². The zero-order valence-corrected chi connectivity index (χ0v) is 10.0. The topological polar surface area (TPSA) is 54.9 Å². The van der Waals surface area contributed by atoms with Gasteiger partial charge in [0.25, 0.3) is 0 Å². The van der Waals surface area contributed by atoms with Gasteiger partial charge in [-0.25, -0.2) is 4.98 Å². The lowest BCUT2D eigenvalue weighted by Gasteiger charge is -2.05. The summed E-state index contributed by atoms with van der Waals surface area (Å²) in [7, 11) is 0. The van der Waals surface area contributed by atoms with Crippen LogP contribution < -0.4 is 5.32 Å². The summed E-state index contributed by atoms with van der Waals surface area (Å²) in [6.07, 6.45) is 3.12. The van der Waals surface area contributed by atoms with Crippen LogP contribution in [-0.2, 0) is 4.79 Å². The van der Waals surface area contributed by atoms with Gasteiger partial charge in [0.15, 0.2) is 0 Å². The number of benzene rings is 1. The summed E-state index contributed by atoms with van der Waals surface area (Å²) in [5.41, 5.74) is 3.29. The smallest absolute Gasteiger partial charge is 0.224 e. The summed E-state index contributed by atoms with van der Waals surface area (Å²) in [5, 5.41) is 2.85. The van der Waals surface area contributed by atoms with Crippen LogP contribution in [0.5, 0.6) is 0 Å². The van der Waals surface area contributed by atoms with Gasteiger partial charge in [-0.3, -0.25) is 9.78 Å². The largest absolute Gasteiger partial charge is 0.326 e. The second-order valence-electron chi connectivity index (χ2n) is 4.01. The summed E-state index contributed by atoms with van der Waals surface area (Å²) in [4.78, 5) is 20.1. The zero-order valence-electron chi connectivity index (χ0n) is 10.0. The van der Waals surface area contributed by atoms with E-state index in [1.165, 1.54) is 0 Å². The Morgan fingerprint density at radius 3 is 2.94 bits per heavy atom. The number of aryl methyl sites for hydroxylation is 1. The summed E-state index contributed by atoms with van der Waals surface area (Å²) < 4.78 is 0. The summed E-state index contributed by atoms with van der Waals surface area (Å²) in [6, 6.07) is 5.56. The summed E-state index contributed by atoms with van der Waals surface area (Å²) in [5.74, 6) is 0.0347. The number of hydrogen-bond acceptors (Lipinski definition) is 3. The van der Waals surface area contributed by atoms with E-state index in [9.17, 15) is 4.79 Å². The maximum Gasteiger partial charge on any atom is 0.224 e. The average Bonchev–Trinajstić information content (AvgIpc) is 2.28. The standard InChI is InChI=1S/C13H15N3O/c1-3-4-13(17)16-10-5-6-11-12(7-10)15-9(2)8-14-11/h5-8H,3-4H2,1-2H3,(H,16,17). The fraction of sp³-hybridized carbons (Fsp3) is 0.308. The molecule has 0 spiro atoms. The van der Waals surface area contributed by atoms with Gasteiger partial charge in [-0.05, 0) is 31.5 Å². The fourth-order valence-electron chi connectivity index (χ4n) is 1.63. The first-order valence-electron chi connectivity index (χ1n) is 5.72. The van der Waals surface area contributed by atoms with E-state index >= 15 is 0 Å². The summed E-state index contributed by atoms with van der Waals surface area (Å²) >= 11 is 0. The molecule has 0 atom stereocenters. The highest BCUT2D eigenvalue weighted by molar-refractivity contribution is 5.92. The van der Waals surface area contributed by atoms with Gasteiger partial charge in [-0.2, -0.15) is 0 Å². The van der Waals surface area contributed by atoms with Crippen LogP contribution in [0.25, 0.3) is 11.0 Å². The van der Waals surface area contributed by atoms with Gasteiger partial charge in [-0.1, -0.05) is 6.92 Å². The van der Waals surface area contributed by atoms with Crippen LogP contribution in [0.15, 0.2) is 24.4 Å². The maximum atomic E-state index is 11.5. The predicted octanol–water partition coefficient (Wildman–Crippen LogP) is 2.68. The van der Waals surface area contributed by atoms with E-state index in [4.69, 9.17) is 0 Å².